The summed E-state index contributed by atoms with van der Waals surface area (Å²) in [5.74, 6) is -2.31. The maximum Gasteiger partial charge on any atom is 0.250 e. The van der Waals surface area contributed by atoms with E-state index < -0.39 is 24.2 Å². The predicted molar refractivity (Wildman–Crippen MR) is 83.6 cm³/mol. The van der Waals surface area contributed by atoms with Gasteiger partial charge in [-0.1, -0.05) is 6.07 Å². The first-order chi connectivity index (χ1) is 11.6. The van der Waals surface area contributed by atoms with Gasteiger partial charge in [-0.15, -0.1) is 0 Å². The number of ketones is 1. The Kier molecular flexibility index (Phi) is 5.60. The zero-order chi connectivity index (χ0) is 17.4. The minimum atomic E-state index is -1.50. The maximum atomic E-state index is 12.0. The van der Waals surface area contributed by atoms with Crippen molar-refractivity contribution >= 4 is 17.5 Å². The van der Waals surface area contributed by atoms with Gasteiger partial charge in [0.15, 0.2) is 11.7 Å². The minimum Gasteiger partial charge on any atom is -0.486 e. The van der Waals surface area contributed by atoms with Crippen LogP contribution in [-0.2, 0) is 9.59 Å². The molecule has 2 aromatic rings. The van der Waals surface area contributed by atoms with Crippen LogP contribution in [0.2, 0.25) is 0 Å². The fourth-order valence-corrected chi connectivity index (χ4v) is 1.78. The second kappa shape index (κ2) is 8.06. The molecular weight excluding hydrogens is 308 g/mol. The lowest BCUT2D eigenvalue weighted by atomic mass is 10.1. The molecule has 1 heterocycles. The summed E-state index contributed by atoms with van der Waals surface area (Å²) >= 11 is 0. The Morgan fingerprint density at radius 2 is 1.92 bits per heavy atom. The number of hydrogen-bond acceptors (Lipinski definition) is 6. The summed E-state index contributed by atoms with van der Waals surface area (Å²) in [5.41, 5.74) is 0.457. The molecule has 0 saturated heterocycles. The van der Waals surface area contributed by atoms with E-state index in [1.54, 1.807) is 24.3 Å². The highest BCUT2D eigenvalue weighted by atomic mass is 16.5. The Hall–Kier alpha value is -3.71. The highest BCUT2D eigenvalue weighted by Gasteiger charge is 2.27. The van der Waals surface area contributed by atoms with Crippen molar-refractivity contribution in [2.45, 2.75) is 0 Å². The molecule has 1 aromatic carbocycles. The first-order valence-corrected chi connectivity index (χ1v) is 6.91. The van der Waals surface area contributed by atoms with Gasteiger partial charge >= 0.3 is 0 Å². The highest BCUT2D eigenvalue weighted by molar-refractivity contribution is 6.09. The molecule has 7 heteroatoms. The Labute approximate surface area is 138 Å². The lowest BCUT2D eigenvalue weighted by Gasteiger charge is -2.10. The van der Waals surface area contributed by atoms with E-state index in [9.17, 15) is 9.59 Å². The van der Waals surface area contributed by atoms with Crippen LogP contribution in [0.15, 0.2) is 48.7 Å². The van der Waals surface area contributed by atoms with E-state index in [0.29, 0.717) is 11.3 Å². The van der Waals surface area contributed by atoms with Crippen molar-refractivity contribution in [2.24, 2.45) is 5.92 Å². The van der Waals surface area contributed by atoms with Crippen molar-refractivity contribution in [3.8, 4) is 17.9 Å². The van der Waals surface area contributed by atoms with Gasteiger partial charge < -0.3 is 10.1 Å². The average Bonchev–Trinajstić information content (AvgIpc) is 2.62. The molecule has 0 unspecified atom stereocenters. The molecule has 0 aliphatic carbocycles. The molecule has 1 atom stereocenters. The van der Waals surface area contributed by atoms with Crippen molar-refractivity contribution in [1.82, 2.24) is 4.98 Å². The van der Waals surface area contributed by atoms with Gasteiger partial charge in [0.2, 0.25) is 0 Å². The van der Waals surface area contributed by atoms with Gasteiger partial charge in [0.05, 0.1) is 17.7 Å². The number of nitriles is 2. The van der Waals surface area contributed by atoms with Gasteiger partial charge in [-0.05, 0) is 36.4 Å². The van der Waals surface area contributed by atoms with Gasteiger partial charge in [-0.3, -0.25) is 9.59 Å². The van der Waals surface area contributed by atoms with Gasteiger partial charge in [0.25, 0.3) is 5.91 Å². The molecule has 2 rings (SSSR count). The van der Waals surface area contributed by atoms with Crippen LogP contribution in [0.1, 0.15) is 5.56 Å². The Morgan fingerprint density at radius 1 is 1.17 bits per heavy atom. The molecule has 1 N–H and O–H groups in total. The number of nitrogens with one attached hydrogen (secondary N) is 1. The normalized spacial score (nSPS) is 10.8. The van der Waals surface area contributed by atoms with Crippen molar-refractivity contribution in [2.75, 3.05) is 11.9 Å². The Bertz CT molecular complexity index is 804. The molecule has 0 radical (unpaired) electrons. The van der Waals surface area contributed by atoms with Crippen molar-refractivity contribution in [3.05, 3.63) is 54.2 Å². The number of hydrogen-bond donors (Lipinski definition) is 1. The second-order valence-electron chi connectivity index (χ2n) is 4.66. The molecule has 0 saturated carbocycles. The van der Waals surface area contributed by atoms with E-state index >= 15 is 0 Å². The number of carbonyl (C=O) groups excluding carboxylic acids is 2. The number of anilines is 1. The Balaban J connectivity index is 1.94. The summed E-state index contributed by atoms with van der Waals surface area (Å²) in [6.07, 6.45) is 1.48. The summed E-state index contributed by atoms with van der Waals surface area (Å²) in [5, 5.41) is 20.2. The summed E-state index contributed by atoms with van der Waals surface area (Å²) in [6, 6.07) is 14.6. The topological polar surface area (TPSA) is 116 Å². The fourth-order valence-electron chi connectivity index (χ4n) is 1.78. The number of ether oxygens (including phenoxy) is 1. The van der Waals surface area contributed by atoms with Crippen LogP contribution in [0.5, 0.6) is 5.75 Å². The lowest BCUT2D eigenvalue weighted by molar-refractivity contribution is -0.130. The molecule has 1 amide bonds. The van der Waals surface area contributed by atoms with Crippen LogP contribution in [0.25, 0.3) is 0 Å². The molecular formula is C17H12N4O3. The van der Waals surface area contributed by atoms with Crippen LogP contribution < -0.4 is 10.1 Å². The summed E-state index contributed by atoms with van der Waals surface area (Å²) in [7, 11) is 0. The molecule has 118 valence electrons. The average molecular weight is 320 g/mol. The second-order valence-corrected chi connectivity index (χ2v) is 4.66. The molecule has 0 aliphatic rings. The first-order valence-electron chi connectivity index (χ1n) is 6.91. The van der Waals surface area contributed by atoms with E-state index in [1.165, 1.54) is 30.5 Å². The third-order valence-corrected chi connectivity index (χ3v) is 2.99. The van der Waals surface area contributed by atoms with Crippen LogP contribution in [0.3, 0.4) is 0 Å². The molecule has 0 spiro atoms. The number of aromatic nitrogens is 1. The SMILES string of the molecule is N#Cc1ccc(OCC(=O)[C@@H](C#N)C(=O)Nc2ccccn2)cc1. The van der Waals surface area contributed by atoms with Crippen molar-refractivity contribution < 1.29 is 14.3 Å². The van der Waals surface area contributed by atoms with Crippen LogP contribution in [0, 0.1) is 28.6 Å². The zero-order valence-corrected chi connectivity index (χ0v) is 12.5. The lowest BCUT2D eigenvalue weighted by Crippen LogP contribution is -2.32. The summed E-state index contributed by atoms with van der Waals surface area (Å²) in [4.78, 5) is 27.9. The predicted octanol–water partition coefficient (Wildman–Crippen LogP) is 1.68. The van der Waals surface area contributed by atoms with Crippen molar-refractivity contribution in [1.29, 1.82) is 10.5 Å². The zero-order valence-electron chi connectivity index (χ0n) is 12.5. The van der Waals surface area contributed by atoms with Crippen molar-refractivity contribution in [3.63, 3.8) is 0 Å². The first kappa shape index (κ1) is 16.7. The maximum absolute atomic E-state index is 12.0. The van der Waals surface area contributed by atoms with E-state index in [0.717, 1.165) is 0 Å². The van der Waals surface area contributed by atoms with E-state index in [2.05, 4.69) is 10.3 Å². The molecule has 0 bridgehead atoms. The van der Waals surface area contributed by atoms with Gasteiger partial charge in [0, 0.05) is 6.20 Å². The Morgan fingerprint density at radius 3 is 2.50 bits per heavy atom. The van der Waals surface area contributed by atoms with Gasteiger partial charge in [-0.2, -0.15) is 10.5 Å². The van der Waals surface area contributed by atoms with Crippen LogP contribution in [0.4, 0.5) is 5.82 Å². The molecule has 0 fully saturated rings. The minimum absolute atomic E-state index is 0.253. The molecule has 24 heavy (non-hydrogen) atoms. The standard InChI is InChI=1S/C17H12N4O3/c18-9-12-4-6-13(7-5-12)24-11-15(22)14(10-19)17(23)21-16-3-1-2-8-20-16/h1-8,14H,11H2,(H,20,21,23)/t14-/m1/s1. The molecule has 0 aliphatic heterocycles. The highest BCUT2D eigenvalue weighted by Crippen LogP contribution is 2.12. The number of benzene rings is 1. The number of rotatable bonds is 6. The largest absolute Gasteiger partial charge is 0.486 e. The van der Waals surface area contributed by atoms with E-state index in [1.807, 2.05) is 6.07 Å². The number of pyridine rings is 1. The van der Waals surface area contributed by atoms with Crippen LogP contribution >= 0.6 is 0 Å². The van der Waals surface area contributed by atoms with Gasteiger partial charge in [-0.25, -0.2) is 4.98 Å². The van der Waals surface area contributed by atoms with E-state index in [4.69, 9.17) is 15.3 Å². The third kappa shape index (κ3) is 4.39. The van der Waals surface area contributed by atoms with Gasteiger partial charge in [0.1, 0.15) is 18.2 Å². The number of Topliss-reactive ketones (excluding diaryl/α,β-unsaturated/α-hetero) is 1. The number of amides is 1. The third-order valence-electron chi connectivity index (χ3n) is 2.99. The molecule has 1 aromatic heterocycles. The van der Waals surface area contributed by atoms with E-state index in [-0.39, 0.29) is 5.82 Å². The fraction of sp³-hybridized carbons (Fsp3) is 0.118. The molecule has 7 nitrogen and oxygen atoms in total. The smallest absolute Gasteiger partial charge is 0.250 e. The quantitative estimate of drug-likeness (QED) is 0.809. The summed E-state index contributed by atoms with van der Waals surface area (Å²) < 4.78 is 5.24. The summed E-state index contributed by atoms with van der Waals surface area (Å²) in [6.45, 7) is -0.431. The number of carbonyl (C=O) groups is 2. The number of nitrogens with zero attached hydrogens (tertiary/aromatic N) is 3. The van der Waals surface area contributed by atoms with Crippen LogP contribution in [-0.4, -0.2) is 23.3 Å². The monoisotopic (exact) mass is 320 g/mol.